The molecule has 22 heavy (non-hydrogen) atoms. The number of piperazine rings is 1. The van der Waals surface area contributed by atoms with Crippen molar-refractivity contribution in [3.8, 4) is 0 Å². The zero-order valence-electron chi connectivity index (χ0n) is 12.5. The van der Waals surface area contributed by atoms with Gasteiger partial charge in [-0.15, -0.1) is 0 Å². The van der Waals surface area contributed by atoms with Crippen molar-refractivity contribution in [3.05, 3.63) is 18.5 Å². The van der Waals surface area contributed by atoms with E-state index >= 15 is 0 Å². The highest BCUT2D eigenvalue weighted by molar-refractivity contribution is 5.29. The van der Waals surface area contributed by atoms with Gasteiger partial charge in [0.25, 0.3) is 0 Å². The Hall–Kier alpha value is -1.32. The van der Waals surface area contributed by atoms with Gasteiger partial charge < -0.3 is 25.6 Å². The molecule has 4 N–H and O–H groups in total. The molecule has 2 aliphatic heterocycles. The minimum Gasteiger partial charge on any atom is -0.394 e. The number of nitrogens with zero attached hydrogens (tertiary/aromatic N) is 4. The summed E-state index contributed by atoms with van der Waals surface area (Å²) in [4.78, 5) is 12.8. The number of aromatic nitrogens is 2. The molecule has 0 spiro atoms. The molecule has 3 heterocycles. The van der Waals surface area contributed by atoms with E-state index in [2.05, 4.69) is 19.8 Å². The van der Waals surface area contributed by atoms with Crippen LogP contribution in [0.5, 0.6) is 0 Å². The lowest BCUT2D eigenvalue weighted by atomic mass is 10.0. The van der Waals surface area contributed by atoms with Crippen LogP contribution in [0.25, 0.3) is 0 Å². The molecule has 1 aromatic heterocycles. The summed E-state index contributed by atoms with van der Waals surface area (Å²) in [6.07, 6.45) is 1.97. The molecule has 0 saturated carbocycles. The van der Waals surface area contributed by atoms with Crippen molar-refractivity contribution >= 4 is 5.95 Å². The monoisotopic (exact) mass is 309 g/mol. The van der Waals surface area contributed by atoms with Crippen molar-refractivity contribution < 1.29 is 14.9 Å². The van der Waals surface area contributed by atoms with Crippen LogP contribution < -0.4 is 10.6 Å². The molecular weight excluding hydrogens is 286 g/mol. The summed E-state index contributed by atoms with van der Waals surface area (Å²) < 4.78 is 5.64. The highest BCUT2D eigenvalue weighted by atomic mass is 16.5. The molecule has 0 unspecified atom stereocenters. The Balaban J connectivity index is 1.63. The molecule has 2 saturated heterocycles. The van der Waals surface area contributed by atoms with E-state index in [0.717, 1.165) is 32.1 Å². The van der Waals surface area contributed by atoms with E-state index in [4.69, 9.17) is 10.5 Å². The van der Waals surface area contributed by atoms with Crippen LogP contribution in [0.15, 0.2) is 18.5 Å². The first-order valence-electron chi connectivity index (χ1n) is 7.65. The normalized spacial score (nSPS) is 33.3. The zero-order chi connectivity index (χ0) is 15.5. The van der Waals surface area contributed by atoms with Crippen LogP contribution in [0.3, 0.4) is 0 Å². The molecule has 122 valence electrons. The predicted octanol–water partition coefficient (Wildman–Crippen LogP) is -1.95. The third kappa shape index (κ3) is 2.92. The van der Waals surface area contributed by atoms with Crippen LogP contribution in [0, 0.1) is 0 Å². The number of hydrogen-bond acceptors (Lipinski definition) is 8. The van der Waals surface area contributed by atoms with E-state index in [9.17, 15) is 10.2 Å². The molecule has 0 aliphatic carbocycles. The second-order valence-corrected chi connectivity index (χ2v) is 5.68. The minimum absolute atomic E-state index is 0.166. The van der Waals surface area contributed by atoms with E-state index < -0.39 is 12.2 Å². The van der Waals surface area contributed by atoms with Gasteiger partial charge in [0.05, 0.1) is 18.8 Å². The van der Waals surface area contributed by atoms with Crippen LogP contribution >= 0.6 is 0 Å². The third-order valence-corrected chi connectivity index (χ3v) is 4.44. The van der Waals surface area contributed by atoms with Crippen molar-refractivity contribution in [2.24, 2.45) is 5.73 Å². The Bertz CT molecular complexity index is 467. The first-order chi connectivity index (χ1) is 10.7. The maximum absolute atomic E-state index is 10.4. The van der Waals surface area contributed by atoms with Gasteiger partial charge in [-0.3, -0.25) is 4.90 Å². The number of rotatable bonds is 4. The second-order valence-electron chi connectivity index (χ2n) is 5.68. The van der Waals surface area contributed by atoms with Gasteiger partial charge >= 0.3 is 0 Å². The minimum atomic E-state index is -0.710. The van der Waals surface area contributed by atoms with Gasteiger partial charge in [-0.2, -0.15) is 0 Å². The van der Waals surface area contributed by atoms with E-state index in [0.29, 0.717) is 6.54 Å². The molecule has 0 aromatic carbocycles. The van der Waals surface area contributed by atoms with Gasteiger partial charge in [0.2, 0.25) is 5.95 Å². The van der Waals surface area contributed by atoms with Gasteiger partial charge in [-0.05, 0) is 6.07 Å². The quantitative estimate of drug-likeness (QED) is 0.589. The predicted molar refractivity (Wildman–Crippen MR) is 80.4 cm³/mol. The zero-order valence-corrected chi connectivity index (χ0v) is 12.5. The van der Waals surface area contributed by atoms with Crippen molar-refractivity contribution in [2.45, 2.75) is 24.4 Å². The largest absolute Gasteiger partial charge is 0.394 e. The second kappa shape index (κ2) is 6.84. The van der Waals surface area contributed by atoms with Crippen molar-refractivity contribution in [1.29, 1.82) is 0 Å². The smallest absolute Gasteiger partial charge is 0.225 e. The van der Waals surface area contributed by atoms with Gasteiger partial charge in [-0.1, -0.05) is 0 Å². The third-order valence-electron chi connectivity index (χ3n) is 4.44. The average Bonchev–Trinajstić information content (AvgIpc) is 2.91. The molecule has 8 heteroatoms. The lowest BCUT2D eigenvalue weighted by Gasteiger charge is -2.40. The Morgan fingerprint density at radius 1 is 1.18 bits per heavy atom. The molecule has 0 radical (unpaired) electrons. The summed E-state index contributed by atoms with van der Waals surface area (Å²) in [5.74, 6) is 0.731. The van der Waals surface area contributed by atoms with E-state index in [1.165, 1.54) is 0 Å². The Morgan fingerprint density at radius 3 is 2.45 bits per heavy atom. The van der Waals surface area contributed by atoms with Crippen molar-refractivity contribution in [2.75, 3.05) is 44.2 Å². The first kappa shape index (κ1) is 15.6. The van der Waals surface area contributed by atoms with Crippen LogP contribution in [-0.2, 0) is 4.74 Å². The fourth-order valence-electron chi connectivity index (χ4n) is 3.30. The van der Waals surface area contributed by atoms with Crippen molar-refractivity contribution in [1.82, 2.24) is 14.9 Å². The maximum Gasteiger partial charge on any atom is 0.225 e. The number of ether oxygens (including phenoxy) is 1. The van der Waals surface area contributed by atoms with Crippen molar-refractivity contribution in [3.63, 3.8) is 0 Å². The molecule has 8 nitrogen and oxygen atoms in total. The molecule has 2 fully saturated rings. The summed E-state index contributed by atoms with van der Waals surface area (Å²) in [7, 11) is 0. The lowest BCUT2D eigenvalue weighted by Crippen LogP contribution is -2.57. The Labute approximate surface area is 129 Å². The lowest BCUT2D eigenvalue weighted by molar-refractivity contribution is -0.0193. The summed E-state index contributed by atoms with van der Waals surface area (Å²) in [5.41, 5.74) is 5.75. The molecule has 0 amide bonds. The molecule has 1 aromatic rings. The summed E-state index contributed by atoms with van der Waals surface area (Å²) in [5, 5.41) is 19.7. The van der Waals surface area contributed by atoms with Gasteiger partial charge in [0.1, 0.15) is 12.2 Å². The average molecular weight is 309 g/mol. The van der Waals surface area contributed by atoms with Crippen LogP contribution in [0.2, 0.25) is 0 Å². The van der Waals surface area contributed by atoms with Gasteiger partial charge in [0, 0.05) is 45.1 Å². The number of nitrogens with two attached hydrogens (primary N) is 1. The van der Waals surface area contributed by atoms with E-state index in [-0.39, 0.29) is 18.8 Å². The number of hydrogen-bond donors (Lipinski definition) is 3. The van der Waals surface area contributed by atoms with Crippen LogP contribution in [-0.4, -0.2) is 88.8 Å². The molecule has 0 bridgehead atoms. The molecule has 2 aliphatic rings. The number of aliphatic hydroxyl groups is 2. The fraction of sp³-hybridized carbons (Fsp3) is 0.714. The van der Waals surface area contributed by atoms with E-state index in [1.807, 2.05) is 0 Å². The van der Waals surface area contributed by atoms with Gasteiger partial charge in [0.15, 0.2) is 0 Å². The Kier molecular flexibility index (Phi) is 4.84. The van der Waals surface area contributed by atoms with Gasteiger partial charge in [-0.25, -0.2) is 9.97 Å². The number of anilines is 1. The number of aliphatic hydroxyl groups excluding tert-OH is 2. The summed E-state index contributed by atoms with van der Waals surface area (Å²) in [6, 6.07) is 1.63. The molecule has 3 rings (SSSR count). The highest BCUT2D eigenvalue weighted by Gasteiger charge is 2.46. The first-order valence-corrected chi connectivity index (χ1v) is 7.65. The Morgan fingerprint density at radius 2 is 1.86 bits per heavy atom. The standard InChI is InChI=1S/C14H23N5O3/c15-8-10-12(13(21)11(9-20)22-10)18-4-6-19(7-5-18)14-16-2-1-3-17-14/h1-3,10-13,20-21H,4-9,15H2/t10-,11+,12+,13-/m1/s1. The molecular formula is C14H23N5O3. The fourth-order valence-corrected chi connectivity index (χ4v) is 3.30. The van der Waals surface area contributed by atoms with Crippen LogP contribution in [0.1, 0.15) is 0 Å². The maximum atomic E-state index is 10.4. The summed E-state index contributed by atoms with van der Waals surface area (Å²) >= 11 is 0. The van der Waals surface area contributed by atoms with E-state index in [1.54, 1.807) is 18.5 Å². The molecule has 4 atom stereocenters. The topological polar surface area (TPSA) is 108 Å². The highest BCUT2D eigenvalue weighted by Crippen LogP contribution is 2.26. The van der Waals surface area contributed by atoms with Crippen LogP contribution in [0.4, 0.5) is 5.95 Å². The SMILES string of the molecule is NC[C@H]1O[C@@H](CO)[C@@H](O)[C@H]1N1CCN(c2ncccn2)CC1. The summed E-state index contributed by atoms with van der Waals surface area (Å²) in [6.45, 7) is 3.27.